The van der Waals surface area contributed by atoms with Crippen LogP contribution in [0.25, 0.3) is 6.08 Å². The minimum Gasteiger partial charge on any atom is -0.493 e. The van der Waals surface area contributed by atoms with Crippen molar-refractivity contribution in [2.75, 3.05) is 39.3 Å². The fourth-order valence-electron chi connectivity index (χ4n) is 3.06. The lowest BCUT2D eigenvalue weighted by atomic mass is 10.2. The molecule has 3 amide bonds. The molecule has 0 aliphatic carbocycles. The molecule has 0 radical (unpaired) electrons. The van der Waals surface area contributed by atoms with Crippen LogP contribution in [-0.4, -0.2) is 61.9 Å². The highest BCUT2D eigenvalue weighted by atomic mass is 32.2. The van der Waals surface area contributed by atoms with Gasteiger partial charge in [-0.1, -0.05) is 18.2 Å². The summed E-state index contributed by atoms with van der Waals surface area (Å²) in [4.78, 5) is 49.4. The molecule has 1 aliphatic heterocycles. The topological polar surface area (TPSA) is 120 Å². The quantitative estimate of drug-likeness (QED) is 0.387. The van der Waals surface area contributed by atoms with Gasteiger partial charge in [0, 0.05) is 0 Å². The number of methoxy groups -OCH3 is 2. The van der Waals surface area contributed by atoms with Gasteiger partial charge in [-0.05, 0) is 54.6 Å². The minimum atomic E-state index is -0.692. The summed E-state index contributed by atoms with van der Waals surface area (Å²) >= 11 is 0.722. The largest absolute Gasteiger partial charge is 0.493 e. The number of imide groups is 1. The van der Waals surface area contributed by atoms with Gasteiger partial charge >= 0.3 is 5.97 Å². The zero-order chi connectivity index (χ0) is 25.4. The number of ether oxygens (including phenoxy) is 4. The van der Waals surface area contributed by atoms with Crippen molar-refractivity contribution < 1.29 is 38.1 Å². The molecule has 3 rings (SSSR count). The third-order valence-corrected chi connectivity index (χ3v) is 5.60. The fourth-order valence-corrected chi connectivity index (χ4v) is 3.89. The molecular formula is C24H24N2O8S. The molecule has 1 heterocycles. The van der Waals surface area contributed by atoms with Crippen LogP contribution in [0.3, 0.4) is 0 Å². The van der Waals surface area contributed by atoms with E-state index in [0.29, 0.717) is 35.1 Å². The molecule has 0 saturated carbocycles. The molecule has 0 unspecified atom stereocenters. The van der Waals surface area contributed by atoms with E-state index < -0.39 is 23.7 Å². The van der Waals surface area contributed by atoms with Gasteiger partial charge in [-0.2, -0.15) is 0 Å². The number of benzene rings is 2. The highest BCUT2D eigenvalue weighted by Crippen LogP contribution is 2.34. The first kappa shape index (κ1) is 25.6. The Hall–Kier alpha value is -3.99. The van der Waals surface area contributed by atoms with E-state index in [4.69, 9.17) is 14.2 Å². The molecule has 1 saturated heterocycles. The van der Waals surface area contributed by atoms with Crippen LogP contribution >= 0.6 is 11.8 Å². The molecule has 0 bridgehead atoms. The summed E-state index contributed by atoms with van der Waals surface area (Å²) in [6, 6.07) is 11.9. The van der Waals surface area contributed by atoms with Crippen LogP contribution in [0.2, 0.25) is 0 Å². The van der Waals surface area contributed by atoms with Gasteiger partial charge in [0.1, 0.15) is 12.3 Å². The van der Waals surface area contributed by atoms with Crippen molar-refractivity contribution in [2.24, 2.45) is 0 Å². The highest BCUT2D eigenvalue weighted by molar-refractivity contribution is 8.18. The normalized spacial score (nSPS) is 14.1. The molecule has 1 N–H and O–H groups in total. The lowest BCUT2D eigenvalue weighted by molar-refractivity contribution is -0.143. The van der Waals surface area contributed by atoms with E-state index in [1.54, 1.807) is 36.4 Å². The monoisotopic (exact) mass is 500 g/mol. The number of nitrogens with one attached hydrogen (secondary N) is 1. The van der Waals surface area contributed by atoms with Crippen molar-refractivity contribution >= 4 is 46.5 Å². The second kappa shape index (κ2) is 11.9. The van der Waals surface area contributed by atoms with E-state index in [0.717, 1.165) is 16.7 Å². The van der Waals surface area contributed by atoms with Gasteiger partial charge in [0.2, 0.25) is 0 Å². The molecule has 184 valence electrons. The number of hydrogen-bond acceptors (Lipinski definition) is 9. The molecule has 1 fully saturated rings. The van der Waals surface area contributed by atoms with Gasteiger partial charge in [-0.15, -0.1) is 0 Å². The molecule has 0 aromatic heterocycles. The molecule has 0 spiro atoms. The maximum Gasteiger partial charge on any atom is 0.325 e. The maximum atomic E-state index is 12.5. The number of para-hydroxylation sites is 2. The molecule has 0 atom stereocenters. The van der Waals surface area contributed by atoms with Gasteiger partial charge in [-0.3, -0.25) is 24.1 Å². The van der Waals surface area contributed by atoms with Gasteiger partial charge in [0.25, 0.3) is 17.1 Å². The summed E-state index contributed by atoms with van der Waals surface area (Å²) < 4.78 is 21.0. The third kappa shape index (κ3) is 6.54. The summed E-state index contributed by atoms with van der Waals surface area (Å²) in [6.45, 7) is 1.59. The van der Waals surface area contributed by atoms with Crippen molar-refractivity contribution in [3.8, 4) is 17.2 Å². The second-order valence-corrected chi connectivity index (χ2v) is 8.01. The Kier molecular flexibility index (Phi) is 8.74. The van der Waals surface area contributed by atoms with Crippen LogP contribution in [0.1, 0.15) is 12.5 Å². The van der Waals surface area contributed by atoms with Crippen LogP contribution < -0.4 is 19.5 Å². The molecule has 1 aliphatic rings. The second-order valence-electron chi connectivity index (χ2n) is 7.02. The summed E-state index contributed by atoms with van der Waals surface area (Å²) in [5, 5.41) is 2.18. The maximum absolute atomic E-state index is 12.5. The first-order valence-electron chi connectivity index (χ1n) is 10.5. The molecule has 11 heteroatoms. The Bertz CT molecular complexity index is 1160. The smallest absolute Gasteiger partial charge is 0.325 e. The van der Waals surface area contributed by atoms with Crippen LogP contribution in [0.15, 0.2) is 47.4 Å². The number of anilines is 1. The number of carbonyl (C=O) groups excluding carboxylic acids is 4. The number of esters is 1. The first-order chi connectivity index (χ1) is 16.9. The highest BCUT2D eigenvalue weighted by Gasteiger charge is 2.36. The van der Waals surface area contributed by atoms with E-state index in [1.807, 2.05) is 13.0 Å². The van der Waals surface area contributed by atoms with Crippen molar-refractivity contribution in [1.29, 1.82) is 0 Å². The van der Waals surface area contributed by atoms with Gasteiger partial charge in [0.05, 0.1) is 31.4 Å². The molecule has 10 nitrogen and oxygen atoms in total. The Morgan fingerprint density at radius 1 is 1.03 bits per heavy atom. The standard InChI is InChI=1S/C24H24N2O8S/c1-4-33-17-8-6-5-7-16(17)25-21(27)14-34-18-10-9-15(11-19(18)31-2)12-20-23(29)26(24(30)35-20)13-22(28)32-3/h5-12H,4,13-14H2,1-3H3,(H,25,27)/b20-12-. The molecule has 2 aromatic rings. The predicted octanol–water partition coefficient (Wildman–Crippen LogP) is 3.32. The van der Waals surface area contributed by atoms with Gasteiger partial charge in [-0.25, -0.2) is 0 Å². The van der Waals surface area contributed by atoms with E-state index in [-0.39, 0.29) is 17.4 Å². The summed E-state index contributed by atoms with van der Waals surface area (Å²) in [7, 11) is 2.62. The van der Waals surface area contributed by atoms with Crippen molar-refractivity contribution in [2.45, 2.75) is 6.92 Å². The number of amides is 3. The Labute approximate surface area is 206 Å². The number of nitrogens with zero attached hydrogens (tertiary/aromatic N) is 1. The van der Waals surface area contributed by atoms with Gasteiger partial charge < -0.3 is 24.3 Å². The van der Waals surface area contributed by atoms with E-state index >= 15 is 0 Å². The van der Waals surface area contributed by atoms with E-state index in [2.05, 4.69) is 10.1 Å². The Morgan fingerprint density at radius 3 is 2.51 bits per heavy atom. The lowest BCUT2D eigenvalue weighted by Crippen LogP contribution is -2.34. The summed E-state index contributed by atoms with van der Waals surface area (Å²) in [5.74, 6) is -0.466. The zero-order valence-electron chi connectivity index (χ0n) is 19.4. The minimum absolute atomic E-state index is 0.155. The van der Waals surface area contributed by atoms with Crippen molar-refractivity contribution in [3.63, 3.8) is 0 Å². The average Bonchev–Trinajstić information content (AvgIpc) is 3.11. The van der Waals surface area contributed by atoms with Crippen molar-refractivity contribution in [3.05, 3.63) is 52.9 Å². The third-order valence-electron chi connectivity index (χ3n) is 4.69. The van der Waals surface area contributed by atoms with Crippen LogP contribution in [0.4, 0.5) is 10.5 Å². The number of rotatable bonds is 10. The Morgan fingerprint density at radius 2 is 1.80 bits per heavy atom. The van der Waals surface area contributed by atoms with E-state index in [1.165, 1.54) is 20.3 Å². The zero-order valence-corrected chi connectivity index (χ0v) is 20.2. The van der Waals surface area contributed by atoms with Gasteiger partial charge in [0.15, 0.2) is 18.1 Å². The molecule has 35 heavy (non-hydrogen) atoms. The van der Waals surface area contributed by atoms with Crippen LogP contribution in [0.5, 0.6) is 17.2 Å². The predicted molar refractivity (Wildman–Crippen MR) is 129 cm³/mol. The van der Waals surface area contributed by atoms with Crippen molar-refractivity contribution in [1.82, 2.24) is 4.90 Å². The number of thioether (sulfide) groups is 1. The fraction of sp³-hybridized carbons (Fsp3) is 0.250. The molecular weight excluding hydrogens is 476 g/mol. The average molecular weight is 501 g/mol. The van der Waals surface area contributed by atoms with Crippen LogP contribution in [0, 0.1) is 0 Å². The summed E-state index contributed by atoms with van der Waals surface area (Å²) in [6.07, 6.45) is 1.51. The van der Waals surface area contributed by atoms with Crippen LogP contribution in [-0.2, 0) is 19.1 Å². The van der Waals surface area contributed by atoms with E-state index in [9.17, 15) is 19.2 Å². The number of carbonyl (C=O) groups is 4. The SMILES string of the molecule is CCOc1ccccc1NC(=O)COc1ccc(/C=C2\SC(=O)N(CC(=O)OC)C2=O)cc1OC. The Balaban J connectivity index is 1.67. The summed E-state index contributed by atoms with van der Waals surface area (Å²) in [5.41, 5.74) is 1.10. The number of hydrogen-bond donors (Lipinski definition) is 1. The molecule has 2 aromatic carbocycles. The lowest BCUT2D eigenvalue weighted by Gasteiger charge is -2.13. The first-order valence-corrected chi connectivity index (χ1v) is 11.3.